The van der Waals surface area contributed by atoms with Gasteiger partial charge in [-0.25, -0.2) is 13.8 Å². The molecule has 100 valence electrons. The third-order valence-electron chi connectivity index (χ3n) is 2.49. The van der Waals surface area contributed by atoms with Crippen molar-refractivity contribution in [1.29, 1.82) is 0 Å². The molecule has 19 heavy (non-hydrogen) atoms. The summed E-state index contributed by atoms with van der Waals surface area (Å²) in [6, 6.07) is 4.60. The molecule has 2 aromatic rings. The van der Waals surface area contributed by atoms with Crippen LogP contribution in [0.2, 0.25) is 0 Å². The number of aliphatic carboxylic acids is 1. The maximum absolute atomic E-state index is 12.6. The fraction of sp³-hybridized carbons (Fsp3) is 0.167. The Labute approximate surface area is 111 Å². The standard InChI is InChI=1S/C12H10F2N2O2S/c13-10(14)6-2-1-3-7(4-6)11-16-8(5-19-11)9(15)12(17)18/h1-5,9-10H,15H2,(H,17,18). The van der Waals surface area contributed by atoms with E-state index in [4.69, 9.17) is 10.8 Å². The zero-order chi connectivity index (χ0) is 14.0. The Morgan fingerprint density at radius 1 is 1.42 bits per heavy atom. The van der Waals surface area contributed by atoms with Gasteiger partial charge in [-0.2, -0.15) is 0 Å². The number of hydrogen-bond donors (Lipinski definition) is 2. The van der Waals surface area contributed by atoms with E-state index in [1.54, 1.807) is 6.07 Å². The zero-order valence-electron chi connectivity index (χ0n) is 9.59. The summed E-state index contributed by atoms with van der Waals surface area (Å²) in [6.45, 7) is 0. The minimum Gasteiger partial charge on any atom is -0.480 e. The third kappa shape index (κ3) is 2.94. The molecule has 1 atom stereocenters. The molecular weight excluding hydrogens is 274 g/mol. The topological polar surface area (TPSA) is 76.2 Å². The van der Waals surface area contributed by atoms with Crippen LogP contribution in [0.15, 0.2) is 29.6 Å². The summed E-state index contributed by atoms with van der Waals surface area (Å²) in [5.74, 6) is -1.18. The first kappa shape index (κ1) is 13.6. The van der Waals surface area contributed by atoms with Crippen molar-refractivity contribution in [2.75, 3.05) is 0 Å². The SMILES string of the molecule is NC(C(=O)O)c1csc(-c2cccc(C(F)F)c2)n1. The Bertz CT molecular complexity index is 601. The second-order valence-electron chi connectivity index (χ2n) is 3.82. The van der Waals surface area contributed by atoms with Crippen molar-refractivity contribution < 1.29 is 18.7 Å². The minimum atomic E-state index is -2.55. The first-order valence-electron chi connectivity index (χ1n) is 5.31. The predicted molar refractivity (Wildman–Crippen MR) is 67.1 cm³/mol. The van der Waals surface area contributed by atoms with Crippen LogP contribution in [0, 0.1) is 0 Å². The Kier molecular flexibility index (Phi) is 3.87. The quantitative estimate of drug-likeness (QED) is 0.905. The summed E-state index contributed by atoms with van der Waals surface area (Å²) in [6.07, 6.45) is -2.55. The Hall–Kier alpha value is -1.86. The predicted octanol–water partition coefficient (Wildman–Crippen LogP) is 2.83. The lowest BCUT2D eigenvalue weighted by Gasteiger charge is -2.02. The highest BCUT2D eigenvalue weighted by atomic mass is 32.1. The Morgan fingerprint density at radius 2 is 2.16 bits per heavy atom. The lowest BCUT2D eigenvalue weighted by molar-refractivity contribution is -0.138. The summed E-state index contributed by atoms with van der Waals surface area (Å²) in [7, 11) is 0. The van der Waals surface area contributed by atoms with Crippen LogP contribution in [0.5, 0.6) is 0 Å². The number of carboxylic acids is 1. The van der Waals surface area contributed by atoms with Crippen molar-refractivity contribution in [2.24, 2.45) is 5.73 Å². The minimum absolute atomic E-state index is 0.100. The molecule has 0 aliphatic heterocycles. The van der Waals surface area contributed by atoms with E-state index < -0.39 is 18.4 Å². The molecule has 0 saturated heterocycles. The lowest BCUT2D eigenvalue weighted by Crippen LogP contribution is -2.20. The molecule has 0 aliphatic carbocycles. The Morgan fingerprint density at radius 3 is 2.79 bits per heavy atom. The van der Waals surface area contributed by atoms with Crippen LogP contribution in [0.3, 0.4) is 0 Å². The van der Waals surface area contributed by atoms with Crippen LogP contribution >= 0.6 is 11.3 Å². The molecule has 2 rings (SSSR count). The van der Waals surface area contributed by atoms with Crippen molar-refractivity contribution >= 4 is 17.3 Å². The van der Waals surface area contributed by atoms with Crippen LogP contribution in [-0.4, -0.2) is 16.1 Å². The van der Waals surface area contributed by atoms with Crippen LogP contribution in [0.4, 0.5) is 8.78 Å². The second-order valence-corrected chi connectivity index (χ2v) is 4.68. The third-order valence-corrected chi connectivity index (χ3v) is 3.40. The number of alkyl halides is 2. The second kappa shape index (κ2) is 5.41. The first-order valence-corrected chi connectivity index (χ1v) is 6.19. The van der Waals surface area contributed by atoms with Gasteiger partial charge in [0.05, 0.1) is 5.69 Å². The molecule has 0 spiro atoms. The molecule has 1 unspecified atom stereocenters. The molecule has 0 bridgehead atoms. The van der Waals surface area contributed by atoms with Crippen LogP contribution < -0.4 is 5.73 Å². The van der Waals surface area contributed by atoms with E-state index >= 15 is 0 Å². The molecule has 7 heteroatoms. The molecule has 4 nitrogen and oxygen atoms in total. The molecule has 0 aliphatic rings. The zero-order valence-corrected chi connectivity index (χ0v) is 10.4. The van der Waals surface area contributed by atoms with E-state index in [0.29, 0.717) is 10.6 Å². The number of thiazole rings is 1. The van der Waals surface area contributed by atoms with Gasteiger partial charge in [-0.15, -0.1) is 11.3 Å². The van der Waals surface area contributed by atoms with E-state index in [9.17, 15) is 13.6 Å². The highest BCUT2D eigenvalue weighted by Crippen LogP contribution is 2.29. The Balaban J connectivity index is 2.32. The highest BCUT2D eigenvalue weighted by Gasteiger charge is 2.18. The summed E-state index contributed by atoms with van der Waals surface area (Å²) < 4.78 is 25.2. The lowest BCUT2D eigenvalue weighted by atomic mass is 10.1. The number of aromatic nitrogens is 1. The van der Waals surface area contributed by atoms with Crippen LogP contribution in [0.25, 0.3) is 10.6 Å². The van der Waals surface area contributed by atoms with Gasteiger partial charge in [-0.1, -0.05) is 18.2 Å². The summed E-state index contributed by atoms with van der Waals surface area (Å²) >= 11 is 1.17. The van der Waals surface area contributed by atoms with E-state index in [0.717, 1.165) is 0 Å². The smallest absolute Gasteiger partial charge is 0.326 e. The largest absolute Gasteiger partial charge is 0.480 e. The van der Waals surface area contributed by atoms with Crippen molar-refractivity contribution in [3.05, 3.63) is 40.9 Å². The number of carboxylic acid groups (broad SMARTS) is 1. The van der Waals surface area contributed by atoms with Crippen molar-refractivity contribution in [1.82, 2.24) is 4.98 Å². The number of rotatable bonds is 4. The number of carbonyl (C=O) groups is 1. The van der Waals surface area contributed by atoms with E-state index in [1.165, 1.54) is 34.9 Å². The van der Waals surface area contributed by atoms with Crippen molar-refractivity contribution in [2.45, 2.75) is 12.5 Å². The van der Waals surface area contributed by atoms with Gasteiger partial charge in [0.15, 0.2) is 0 Å². The number of nitrogens with zero attached hydrogens (tertiary/aromatic N) is 1. The molecule has 0 radical (unpaired) electrons. The van der Waals surface area contributed by atoms with Crippen molar-refractivity contribution in [3.8, 4) is 10.6 Å². The van der Waals surface area contributed by atoms with Gasteiger partial charge in [0.2, 0.25) is 0 Å². The molecular formula is C12H10F2N2O2S. The van der Waals surface area contributed by atoms with Crippen molar-refractivity contribution in [3.63, 3.8) is 0 Å². The average molecular weight is 284 g/mol. The maximum atomic E-state index is 12.6. The van der Waals surface area contributed by atoms with E-state index in [-0.39, 0.29) is 11.3 Å². The summed E-state index contributed by atoms with van der Waals surface area (Å²) in [4.78, 5) is 14.8. The number of halogens is 2. The first-order chi connectivity index (χ1) is 8.99. The molecule has 1 heterocycles. The number of nitrogens with two attached hydrogens (primary N) is 1. The normalized spacial score (nSPS) is 12.6. The maximum Gasteiger partial charge on any atom is 0.326 e. The summed E-state index contributed by atoms with van der Waals surface area (Å²) in [5, 5.41) is 10.8. The van der Waals surface area contributed by atoms with Gasteiger partial charge in [0.25, 0.3) is 6.43 Å². The van der Waals surface area contributed by atoms with E-state index in [1.807, 2.05) is 0 Å². The highest BCUT2D eigenvalue weighted by molar-refractivity contribution is 7.13. The average Bonchev–Trinajstić information content (AvgIpc) is 2.87. The van der Waals surface area contributed by atoms with Gasteiger partial charge in [-0.3, -0.25) is 4.79 Å². The molecule has 0 saturated carbocycles. The van der Waals surface area contributed by atoms with Gasteiger partial charge in [-0.05, 0) is 6.07 Å². The monoisotopic (exact) mass is 284 g/mol. The van der Waals surface area contributed by atoms with Gasteiger partial charge < -0.3 is 10.8 Å². The fourth-order valence-electron chi connectivity index (χ4n) is 1.50. The van der Waals surface area contributed by atoms with Gasteiger partial charge in [0.1, 0.15) is 11.0 Å². The van der Waals surface area contributed by atoms with Gasteiger partial charge in [0, 0.05) is 16.5 Å². The summed E-state index contributed by atoms with van der Waals surface area (Å²) in [5.41, 5.74) is 6.07. The van der Waals surface area contributed by atoms with Crippen LogP contribution in [0.1, 0.15) is 23.7 Å². The number of benzene rings is 1. The molecule has 3 N–H and O–H groups in total. The van der Waals surface area contributed by atoms with E-state index in [2.05, 4.69) is 4.98 Å². The fourth-order valence-corrected chi connectivity index (χ4v) is 2.35. The molecule has 0 amide bonds. The molecule has 1 aromatic carbocycles. The molecule has 1 aromatic heterocycles. The number of hydrogen-bond acceptors (Lipinski definition) is 4. The van der Waals surface area contributed by atoms with Crippen LogP contribution in [-0.2, 0) is 4.79 Å². The molecule has 0 fully saturated rings. The van der Waals surface area contributed by atoms with Gasteiger partial charge >= 0.3 is 5.97 Å².